The highest BCUT2D eigenvalue weighted by atomic mass is 16.5. The first kappa shape index (κ1) is 13.8. The third-order valence-electron chi connectivity index (χ3n) is 4.29. The molecule has 0 spiro atoms. The molecule has 104 valence electrons. The largest absolute Gasteiger partial charge is 0.381 e. The van der Waals surface area contributed by atoms with Crippen molar-refractivity contribution in [1.82, 2.24) is 10.6 Å². The van der Waals surface area contributed by atoms with Crippen molar-refractivity contribution < 1.29 is 9.53 Å². The van der Waals surface area contributed by atoms with Crippen molar-refractivity contribution >= 4 is 5.91 Å². The van der Waals surface area contributed by atoms with E-state index in [1.54, 1.807) is 0 Å². The van der Waals surface area contributed by atoms with Crippen LogP contribution in [0.25, 0.3) is 0 Å². The molecule has 2 atom stereocenters. The van der Waals surface area contributed by atoms with Crippen LogP contribution in [0.2, 0.25) is 0 Å². The first-order valence-electron chi connectivity index (χ1n) is 7.36. The molecule has 2 aliphatic heterocycles. The molecule has 4 heteroatoms. The molecule has 0 aromatic heterocycles. The van der Waals surface area contributed by atoms with Crippen LogP contribution in [-0.2, 0) is 9.53 Å². The smallest absolute Gasteiger partial charge is 0.224 e. The zero-order valence-electron chi connectivity index (χ0n) is 11.4. The average Bonchev–Trinajstić information content (AvgIpc) is 2.40. The van der Waals surface area contributed by atoms with E-state index in [9.17, 15) is 4.79 Å². The zero-order chi connectivity index (χ0) is 12.8. The third-order valence-corrected chi connectivity index (χ3v) is 4.29. The maximum atomic E-state index is 12.1. The second kappa shape index (κ2) is 7.10. The van der Waals surface area contributed by atoms with E-state index in [-0.39, 0.29) is 11.8 Å². The molecule has 0 aliphatic carbocycles. The van der Waals surface area contributed by atoms with Gasteiger partial charge in [-0.2, -0.15) is 0 Å². The third kappa shape index (κ3) is 3.95. The molecule has 2 unspecified atom stereocenters. The first-order valence-corrected chi connectivity index (χ1v) is 7.36. The molecule has 1 amide bonds. The molecule has 2 fully saturated rings. The van der Waals surface area contributed by atoms with Gasteiger partial charge in [0.25, 0.3) is 0 Å². The fourth-order valence-electron chi connectivity index (χ4n) is 2.97. The van der Waals surface area contributed by atoms with Crippen LogP contribution in [0.15, 0.2) is 0 Å². The number of ether oxygens (including phenoxy) is 1. The summed E-state index contributed by atoms with van der Waals surface area (Å²) in [5.41, 5.74) is 0. The highest BCUT2D eigenvalue weighted by Crippen LogP contribution is 2.19. The number of hydrogen-bond donors (Lipinski definition) is 2. The molecule has 2 heterocycles. The Morgan fingerprint density at radius 3 is 2.83 bits per heavy atom. The molecule has 0 aromatic carbocycles. The van der Waals surface area contributed by atoms with Gasteiger partial charge in [-0.05, 0) is 51.5 Å². The number of amides is 1. The van der Waals surface area contributed by atoms with Gasteiger partial charge < -0.3 is 15.4 Å². The number of rotatable bonds is 4. The molecule has 18 heavy (non-hydrogen) atoms. The van der Waals surface area contributed by atoms with Crippen LogP contribution in [0, 0.1) is 11.8 Å². The van der Waals surface area contributed by atoms with Crippen LogP contribution < -0.4 is 10.6 Å². The van der Waals surface area contributed by atoms with Crippen LogP contribution in [0.1, 0.15) is 39.0 Å². The van der Waals surface area contributed by atoms with Crippen LogP contribution in [-0.4, -0.2) is 38.3 Å². The molecule has 0 aromatic rings. The summed E-state index contributed by atoms with van der Waals surface area (Å²) in [6, 6.07) is 0.321. The summed E-state index contributed by atoms with van der Waals surface area (Å²) >= 11 is 0. The Hall–Kier alpha value is -0.610. The van der Waals surface area contributed by atoms with Gasteiger partial charge in [0, 0.05) is 25.8 Å². The quantitative estimate of drug-likeness (QED) is 0.795. The molecule has 2 N–H and O–H groups in total. The van der Waals surface area contributed by atoms with Crippen molar-refractivity contribution in [1.29, 1.82) is 0 Å². The van der Waals surface area contributed by atoms with E-state index in [4.69, 9.17) is 4.74 Å². The highest BCUT2D eigenvalue weighted by molar-refractivity contribution is 5.79. The van der Waals surface area contributed by atoms with Crippen molar-refractivity contribution in [2.45, 2.75) is 45.1 Å². The van der Waals surface area contributed by atoms with Gasteiger partial charge in [-0.15, -0.1) is 0 Å². The monoisotopic (exact) mass is 254 g/mol. The highest BCUT2D eigenvalue weighted by Gasteiger charge is 2.27. The maximum absolute atomic E-state index is 12.1. The number of hydrogen-bond acceptors (Lipinski definition) is 3. The lowest BCUT2D eigenvalue weighted by atomic mass is 9.91. The van der Waals surface area contributed by atoms with Crippen molar-refractivity contribution in [3.63, 3.8) is 0 Å². The van der Waals surface area contributed by atoms with Gasteiger partial charge in [-0.1, -0.05) is 0 Å². The summed E-state index contributed by atoms with van der Waals surface area (Å²) in [6.07, 6.45) is 5.54. The zero-order valence-corrected chi connectivity index (χ0v) is 11.4. The molecular weight excluding hydrogens is 228 g/mol. The van der Waals surface area contributed by atoms with Gasteiger partial charge in [0.1, 0.15) is 0 Å². The standard InChI is InChI=1S/C14H26N2O2/c1-11-13(3-2-7-15-11)14(17)16-8-4-12-5-9-18-10-6-12/h11-13,15H,2-10H2,1H3,(H,16,17). The fraction of sp³-hybridized carbons (Fsp3) is 0.929. The second-order valence-corrected chi connectivity index (χ2v) is 5.63. The van der Waals surface area contributed by atoms with Gasteiger partial charge in [-0.25, -0.2) is 0 Å². The number of piperidine rings is 1. The summed E-state index contributed by atoms with van der Waals surface area (Å²) in [4.78, 5) is 12.1. The number of carbonyl (C=O) groups is 1. The van der Waals surface area contributed by atoms with Crippen LogP contribution in [0.5, 0.6) is 0 Å². The van der Waals surface area contributed by atoms with Crippen molar-refractivity contribution in [2.75, 3.05) is 26.3 Å². The summed E-state index contributed by atoms with van der Waals surface area (Å²) in [5.74, 6) is 1.14. The minimum Gasteiger partial charge on any atom is -0.381 e. The van der Waals surface area contributed by atoms with Crippen molar-refractivity contribution in [3.8, 4) is 0 Å². The van der Waals surface area contributed by atoms with Gasteiger partial charge in [0.2, 0.25) is 5.91 Å². The Balaban J connectivity index is 1.64. The Kier molecular flexibility index (Phi) is 5.45. The second-order valence-electron chi connectivity index (χ2n) is 5.63. The molecule has 2 saturated heterocycles. The topological polar surface area (TPSA) is 50.4 Å². The summed E-state index contributed by atoms with van der Waals surface area (Å²) in [6.45, 7) is 5.77. The lowest BCUT2D eigenvalue weighted by molar-refractivity contribution is -0.126. The van der Waals surface area contributed by atoms with E-state index in [0.29, 0.717) is 6.04 Å². The normalized spacial score (nSPS) is 30.1. The van der Waals surface area contributed by atoms with E-state index in [1.165, 1.54) is 0 Å². The van der Waals surface area contributed by atoms with Crippen molar-refractivity contribution in [3.05, 3.63) is 0 Å². The summed E-state index contributed by atoms with van der Waals surface area (Å²) < 4.78 is 5.34. The lowest BCUT2D eigenvalue weighted by Gasteiger charge is -2.29. The van der Waals surface area contributed by atoms with Crippen LogP contribution >= 0.6 is 0 Å². The molecule has 0 radical (unpaired) electrons. The maximum Gasteiger partial charge on any atom is 0.224 e. The first-order chi connectivity index (χ1) is 8.77. The Morgan fingerprint density at radius 1 is 1.33 bits per heavy atom. The van der Waals surface area contributed by atoms with Crippen molar-refractivity contribution in [2.24, 2.45) is 11.8 Å². The number of carbonyl (C=O) groups excluding carboxylic acids is 1. The lowest BCUT2D eigenvalue weighted by Crippen LogP contribution is -2.47. The van der Waals surface area contributed by atoms with Gasteiger partial charge in [0.05, 0.1) is 5.92 Å². The molecule has 4 nitrogen and oxygen atoms in total. The Morgan fingerprint density at radius 2 is 2.11 bits per heavy atom. The average molecular weight is 254 g/mol. The Bertz CT molecular complexity index is 265. The number of nitrogens with one attached hydrogen (secondary N) is 2. The SMILES string of the molecule is CC1NCCCC1C(=O)NCCC1CCOCC1. The van der Waals surface area contributed by atoms with E-state index in [0.717, 1.165) is 64.3 Å². The fourth-order valence-corrected chi connectivity index (χ4v) is 2.97. The molecule has 2 rings (SSSR count). The molecule has 0 saturated carbocycles. The van der Waals surface area contributed by atoms with Gasteiger partial charge in [0.15, 0.2) is 0 Å². The van der Waals surface area contributed by atoms with Gasteiger partial charge >= 0.3 is 0 Å². The molecule has 0 bridgehead atoms. The van der Waals surface area contributed by atoms with E-state index < -0.39 is 0 Å². The molecular formula is C14H26N2O2. The predicted molar refractivity (Wildman–Crippen MR) is 71.4 cm³/mol. The van der Waals surface area contributed by atoms with Crippen LogP contribution in [0.4, 0.5) is 0 Å². The molecule has 2 aliphatic rings. The van der Waals surface area contributed by atoms with Gasteiger partial charge in [-0.3, -0.25) is 4.79 Å². The minimum absolute atomic E-state index is 0.161. The minimum atomic E-state index is 0.161. The summed E-state index contributed by atoms with van der Waals surface area (Å²) in [5, 5.41) is 6.49. The van der Waals surface area contributed by atoms with E-state index in [1.807, 2.05) is 0 Å². The van der Waals surface area contributed by atoms with E-state index >= 15 is 0 Å². The predicted octanol–water partition coefficient (Wildman–Crippen LogP) is 1.31. The van der Waals surface area contributed by atoms with Crippen LogP contribution in [0.3, 0.4) is 0 Å². The summed E-state index contributed by atoms with van der Waals surface area (Å²) in [7, 11) is 0. The van der Waals surface area contributed by atoms with E-state index in [2.05, 4.69) is 17.6 Å². The Labute approximate surface area is 110 Å².